The standard InChI is InChI=1S/C13H15NO2/c1-10-12(15)9-14(13(10)16)8-7-11-5-3-2-4-6-11/h2-6,15H,7-9H2,1H3. The van der Waals surface area contributed by atoms with Gasteiger partial charge in [-0.2, -0.15) is 0 Å². The number of aliphatic hydroxyl groups is 1. The quantitative estimate of drug-likeness (QED) is 0.840. The molecule has 1 amide bonds. The Morgan fingerprint density at radius 2 is 2.00 bits per heavy atom. The lowest BCUT2D eigenvalue weighted by atomic mass is 10.1. The first-order valence-electron chi connectivity index (χ1n) is 5.40. The van der Waals surface area contributed by atoms with Gasteiger partial charge in [-0.05, 0) is 18.9 Å². The average Bonchev–Trinajstić information content (AvgIpc) is 2.56. The van der Waals surface area contributed by atoms with Gasteiger partial charge in [-0.15, -0.1) is 0 Å². The lowest BCUT2D eigenvalue weighted by Gasteiger charge is -2.15. The Labute approximate surface area is 95.0 Å². The topological polar surface area (TPSA) is 40.5 Å². The van der Waals surface area contributed by atoms with Crippen LogP contribution in [0.3, 0.4) is 0 Å². The Morgan fingerprint density at radius 3 is 2.56 bits per heavy atom. The van der Waals surface area contributed by atoms with Crippen LogP contribution in [0.4, 0.5) is 0 Å². The van der Waals surface area contributed by atoms with Crippen LogP contribution in [-0.4, -0.2) is 29.0 Å². The molecule has 0 unspecified atom stereocenters. The van der Waals surface area contributed by atoms with Crippen molar-refractivity contribution in [2.24, 2.45) is 0 Å². The summed E-state index contributed by atoms with van der Waals surface area (Å²) in [6, 6.07) is 10.0. The molecule has 1 aliphatic heterocycles. The molecule has 3 heteroatoms. The van der Waals surface area contributed by atoms with Gasteiger partial charge in [-0.1, -0.05) is 30.3 Å². The van der Waals surface area contributed by atoms with Crippen LogP contribution in [0.2, 0.25) is 0 Å². The van der Waals surface area contributed by atoms with Crippen LogP contribution in [0.5, 0.6) is 0 Å². The van der Waals surface area contributed by atoms with Crippen LogP contribution >= 0.6 is 0 Å². The van der Waals surface area contributed by atoms with E-state index in [4.69, 9.17) is 0 Å². The van der Waals surface area contributed by atoms with Gasteiger partial charge >= 0.3 is 0 Å². The average molecular weight is 217 g/mol. The van der Waals surface area contributed by atoms with Gasteiger partial charge < -0.3 is 10.0 Å². The van der Waals surface area contributed by atoms with E-state index < -0.39 is 0 Å². The molecule has 0 atom stereocenters. The molecule has 0 saturated carbocycles. The molecule has 1 N–H and O–H groups in total. The van der Waals surface area contributed by atoms with Gasteiger partial charge in [0.2, 0.25) is 0 Å². The zero-order valence-corrected chi connectivity index (χ0v) is 9.31. The Morgan fingerprint density at radius 1 is 1.31 bits per heavy atom. The highest BCUT2D eigenvalue weighted by atomic mass is 16.3. The van der Waals surface area contributed by atoms with Gasteiger partial charge in [0.1, 0.15) is 5.76 Å². The fourth-order valence-electron chi connectivity index (χ4n) is 1.82. The minimum atomic E-state index is -0.0477. The van der Waals surface area contributed by atoms with Crippen molar-refractivity contribution in [3.05, 3.63) is 47.2 Å². The first kappa shape index (κ1) is 10.7. The summed E-state index contributed by atoms with van der Waals surface area (Å²) in [6.45, 7) is 2.68. The molecule has 0 fully saturated rings. The van der Waals surface area contributed by atoms with E-state index >= 15 is 0 Å². The predicted molar refractivity (Wildman–Crippen MR) is 62.1 cm³/mol. The van der Waals surface area contributed by atoms with E-state index in [1.807, 2.05) is 30.3 Å². The van der Waals surface area contributed by atoms with Crippen molar-refractivity contribution >= 4 is 5.91 Å². The number of hydrogen-bond acceptors (Lipinski definition) is 2. The van der Waals surface area contributed by atoms with E-state index in [0.717, 1.165) is 6.42 Å². The molecule has 1 aromatic rings. The predicted octanol–water partition coefficient (Wildman–Crippen LogP) is 1.90. The number of aliphatic hydroxyl groups excluding tert-OH is 1. The molecular weight excluding hydrogens is 202 g/mol. The normalized spacial score (nSPS) is 16.1. The zero-order valence-electron chi connectivity index (χ0n) is 9.31. The maximum atomic E-state index is 11.6. The first-order valence-corrected chi connectivity index (χ1v) is 5.40. The highest BCUT2D eigenvalue weighted by molar-refractivity contribution is 5.95. The lowest BCUT2D eigenvalue weighted by molar-refractivity contribution is -0.125. The maximum Gasteiger partial charge on any atom is 0.253 e. The summed E-state index contributed by atoms with van der Waals surface area (Å²) in [5, 5.41) is 9.45. The second-order valence-corrected chi connectivity index (χ2v) is 4.03. The van der Waals surface area contributed by atoms with E-state index in [-0.39, 0.29) is 11.7 Å². The van der Waals surface area contributed by atoms with Crippen molar-refractivity contribution in [3.8, 4) is 0 Å². The Balaban J connectivity index is 1.92. The SMILES string of the molecule is CC1=C(O)CN(CCc2ccccc2)C1=O. The summed E-state index contributed by atoms with van der Waals surface area (Å²) in [4.78, 5) is 13.3. The third-order valence-electron chi connectivity index (χ3n) is 2.89. The molecule has 0 bridgehead atoms. The monoisotopic (exact) mass is 217 g/mol. The van der Waals surface area contributed by atoms with Crippen LogP contribution in [0.1, 0.15) is 12.5 Å². The van der Waals surface area contributed by atoms with Gasteiger partial charge in [0.15, 0.2) is 0 Å². The van der Waals surface area contributed by atoms with Gasteiger partial charge in [0.05, 0.1) is 12.1 Å². The molecule has 1 heterocycles. The Hall–Kier alpha value is -1.77. The van der Waals surface area contributed by atoms with E-state index in [9.17, 15) is 9.90 Å². The van der Waals surface area contributed by atoms with Crippen molar-refractivity contribution in [3.63, 3.8) is 0 Å². The van der Waals surface area contributed by atoms with Crippen molar-refractivity contribution in [1.29, 1.82) is 0 Å². The number of benzene rings is 1. The maximum absolute atomic E-state index is 11.6. The second-order valence-electron chi connectivity index (χ2n) is 4.03. The van der Waals surface area contributed by atoms with Gasteiger partial charge in [0, 0.05) is 6.54 Å². The van der Waals surface area contributed by atoms with E-state index in [1.54, 1.807) is 11.8 Å². The number of carbonyl (C=O) groups is 1. The number of carbonyl (C=O) groups excluding carboxylic acids is 1. The van der Waals surface area contributed by atoms with Crippen molar-refractivity contribution < 1.29 is 9.90 Å². The lowest BCUT2D eigenvalue weighted by Crippen LogP contribution is -2.29. The first-order chi connectivity index (χ1) is 7.68. The summed E-state index contributed by atoms with van der Waals surface area (Å²) in [5.41, 5.74) is 1.69. The fraction of sp³-hybridized carbons (Fsp3) is 0.308. The molecule has 0 radical (unpaired) electrons. The summed E-state index contributed by atoms with van der Waals surface area (Å²) >= 11 is 0. The third kappa shape index (κ3) is 2.08. The van der Waals surface area contributed by atoms with Crippen molar-refractivity contribution in [2.45, 2.75) is 13.3 Å². The fourth-order valence-corrected chi connectivity index (χ4v) is 1.82. The summed E-state index contributed by atoms with van der Waals surface area (Å²) in [7, 11) is 0. The zero-order chi connectivity index (χ0) is 11.5. The largest absolute Gasteiger partial charge is 0.510 e. The van der Waals surface area contributed by atoms with Crippen molar-refractivity contribution in [2.75, 3.05) is 13.1 Å². The summed E-state index contributed by atoms with van der Waals surface area (Å²) < 4.78 is 0. The van der Waals surface area contributed by atoms with Crippen molar-refractivity contribution in [1.82, 2.24) is 4.90 Å². The van der Waals surface area contributed by atoms with E-state index in [1.165, 1.54) is 5.56 Å². The minimum Gasteiger partial charge on any atom is -0.510 e. The highest BCUT2D eigenvalue weighted by Crippen LogP contribution is 2.16. The van der Waals surface area contributed by atoms with Gasteiger partial charge in [-0.25, -0.2) is 0 Å². The number of nitrogens with zero attached hydrogens (tertiary/aromatic N) is 1. The second kappa shape index (κ2) is 4.39. The molecular formula is C13H15NO2. The molecule has 84 valence electrons. The molecule has 0 spiro atoms. The van der Waals surface area contributed by atoms with Crippen LogP contribution in [0.25, 0.3) is 0 Å². The van der Waals surface area contributed by atoms with Crippen LogP contribution in [0.15, 0.2) is 41.7 Å². The summed E-state index contributed by atoms with van der Waals surface area (Å²) in [6.07, 6.45) is 0.827. The molecule has 16 heavy (non-hydrogen) atoms. The molecule has 2 rings (SSSR count). The molecule has 1 aliphatic rings. The van der Waals surface area contributed by atoms with Crippen LogP contribution < -0.4 is 0 Å². The Bertz CT molecular complexity index is 423. The minimum absolute atomic E-state index is 0.0477. The molecule has 0 aromatic heterocycles. The smallest absolute Gasteiger partial charge is 0.253 e. The number of amides is 1. The van der Waals surface area contributed by atoms with Crippen LogP contribution in [-0.2, 0) is 11.2 Å². The molecule has 3 nitrogen and oxygen atoms in total. The van der Waals surface area contributed by atoms with Gasteiger partial charge in [0.25, 0.3) is 5.91 Å². The van der Waals surface area contributed by atoms with E-state index in [2.05, 4.69) is 0 Å². The summed E-state index contributed by atoms with van der Waals surface area (Å²) in [5.74, 6) is 0.159. The molecule has 0 aliphatic carbocycles. The van der Waals surface area contributed by atoms with Gasteiger partial charge in [-0.3, -0.25) is 4.79 Å². The number of hydrogen-bond donors (Lipinski definition) is 1. The molecule has 1 aromatic carbocycles. The molecule has 0 saturated heterocycles. The third-order valence-corrected chi connectivity index (χ3v) is 2.89. The van der Waals surface area contributed by atoms with E-state index in [0.29, 0.717) is 18.7 Å². The Kier molecular flexibility index (Phi) is 2.95. The number of rotatable bonds is 3. The van der Waals surface area contributed by atoms with Crippen LogP contribution in [0, 0.1) is 0 Å². The highest BCUT2D eigenvalue weighted by Gasteiger charge is 2.26.